The van der Waals surface area contributed by atoms with Crippen LogP contribution in [-0.4, -0.2) is 0 Å². The maximum Gasteiger partial charge on any atom is 0.158 e. The molecular weight excluding hydrogens is 296 g/mol. The molecule has 24 heavy (non-hydrogen) atoms. The fourth-order valence-electron chi connectivity index (χ4n) is 2.70. The molecule has 3 nitrogen and oxygen atoms in total. The Balaban J connectivity index is 2.12. The maximum atomic E-state index is 8.89. The predicted octanol–water partition coefficient (Wildman–Crippen LogP) is 4.21. The Kier molecular flexibility index (Phi) is 4.22. The third-order valence-corrected chi connectivity index (χ3v) is 3.89. The summed E-state index contributed by atoms with van der Waals surface area (Å²) in [4.78, 5) is 0. The quantitative estimate of drug-likeness (QED) is 0.788. The second-order valence-electron chi connectivity index (χ2n) is 5.59. The molecule has 1 N–H and O–H groups in total. The molecule has 3 aromatic rings. The smallest absolute Gasteiger partial charge is 0.158 e. The number of rotatable bonds is 3. The molecule has 0 unspecified atom stereocenters. The first-order valence-corrected chi connectivity index (χ1v) is 7.75. The highest BCUT2D eigenvalue weighted by Gasteiger charge is 2.08. The first kappa shape index (κ1) is 15.6. The van der Waals surface area contributed by atoms with Gasteiger partial charge in [-0.25, -0.2) is 0 Å². The third kappa shape index (κ3) is 2.82. The van der Waals surface area contributed by atoms with Gasteiger partial charge in [-0.1, -0.05) is 30.9 Å². The summed E-state index contributed by atoms with van der Waals surface area (Å²) in [6.07, 6.45) is 4.00. The third-order valence-electron chi connectivity index (χ3n) is 3.89. The van der Waals surface area contributed by atoms with Crippen molar-refractivity contribution in [2.24, 2.45) is 0 Å². The van der Waals surface area contributed by atoms with E-state index in [0.717, 1.165) is 38.6 Å². The molecule has 0 radical (unpaired) electrons. The minimum Gasteiger partial charge on any atom is -0.454 e. The minimum absolute atomic E-state index is 0.635. The maximum absolute atomic E-state index is 8.89. The Bertz CT molecular complexity index is 1060. The molecule has 1 heterocycles. The van der Waals surface area contributed by atoms with Crippen molar-refractivity contribution in [3.8, 4) is 6.07 Å². The van der Waals surface area contributed by atoms with Crippen LogP contribution in [0.2, 0.25) is 0 Å². The molecule has 0 saturated carbocycles. The van der Waals surface area contributed by atoms with Gasteiger partial charge in [-0.3, -0.25) is 0 Å². The van der Waals surface area contributed by atoms with Gasteiger partial charge in [-0.15, -0.1) is 0 Å². The van der Waals surface area contributed by atoms with E-state index in [-0.39, 0.29) is 0 Å². The van der Waals surface area contributed by atoms with Gasteiger partial charge in [0, 0.05) is 16.3 Å². The Morgan fingerprint density at radius 2 is 1.96 bits per heavy atom. The van der Waals surface area contributed by atoms with Crippen molar-refractivity contribution in [1.82, 2.24) is 0 Å². The lowest BCUT2D eigenvalue weighted by Gasteiger charge is -2.06. The van der Waals surface area contributed by atoms with E-state index in [1.54, 1.807) is 12.1 Å². The van der Waals surface area contributed by atoms with Gasteiger partial charge in [0.25, 0.3) is 0 Å². The lowest BCUT2D eigenvalue weighted by atomic mass is 10.1. The van der Waals surface area contributed by atoms with E-state index in [4.69, 9.17) is 9.68 Å². The standard InChI is InChI=1S/C21H18N2O/c1-4-6-14(2)20-15(3)18-7-5-8-19(21(18)24-20)23-17-11-9-16(13-22)10-12-17/h4-12,23H,3H2,1-2H3/b6-4-,20-14+. The highest BCUT2D eigenvalue weighted by molar-refractivity contribution is 5.91. The Morgan fingerprint density at radius 3 is 2.62 bits per heavy atom. The monoisotopic (exact) mass is 314 g/mol. The normalized spacial score (nSPS) is 12.4. The van der Waals surface area contributed by atoms with Crippen molar-refractivity contribution in [1.29, 1.82) is 5.26 Å². The van der Waals surface area contributed by atoms with Gasteiger partial charge in [0.2, 0.25) is 0 Å². The fourth-order valence-corrected chi connectivity index (χ4v) is 2.70. The van der Waals surface area contributed by atoms with Gasteiger partial charge in [0.1, 0.15) is 5.42 Å². The van der Waals surface area contributed by atoms with Crippen molar-refractivity contribution in [2.45, 2.75) is 13.8 Å². The van der Waals surface area contributed by atoms with Crippen molar-refractivity contribution in [3.63, 3.8) is 0 Å². The fraction of sp³-hybridized carbons (Fsp3) is 0.0952. The van der Waals surface area contributed by atoms with Crippen molar-refractivity contribution < 1.29 is 4.42 Å². The molecule has 3 rings (SSSR count). The van der Waals surface area contributed by atoms with Crippen LogP contribution >= 0.6 is 0 Å². The van der Waals surface area contributed by atoms with Crippen LogP contribution in [-0.2, 0) is 0 Å². The van der Waals surface area contributed by atoms with Crippen LogP contribution in [0.4, 0.5) is 11.4 Å². The summed E-state index contributed by atoms with van der Waals surface area (Å²) in [5.74, 6) is 0. The summed E-state index contributed by atoms with van der Waals surface area (Å²) in [6.45, 7) is 8.16. The second kappa shape index (κ2) is 6.47. The summed E-state index contributed by atoms with van der Waals surface area (Å²) < 4.78 is 6.10. The summed E-state index contributed by atoms with van der Waals surface area (Å²) in [7, 11) is 0. The van der Waals surface area contributed by atoms with Crippen LogP contribution in [0, 0.1) is 11.3 Å². The highest BCUT2D eigenvalue weighted by atomic mass is 16.3. The molecule has 0 bridgehead atoms. The predicted molar refractivity (Wildman–Crippen MR) is 99.3 cm³/mol. The lowest BCUT2D eigenvalue weighted by Crippen LogP contribution is -2.19. The number of anilines is 2. The Hall–Kier alpha value is -3.25. The molecule has 0 aliphatic heterocycles. The van der Waals surface area contributed by atoms with Crippen molar-refractivity contribution in [2.75, 3.05) is 5.32 Å². The number of para-hydroxylation sites is 1. The van der Waals surface area contributed by atoms with Crippen LogP contribution < -0.4 is 16.0 Å². The molecule has 1 aromatic heterocycles. The zero-order chi connectivity index (χ0) is 17.1. The van der Waals surface area contributed by atoms with Crippen molar-refractivity contribution >= 4 is 34.5 Å². The molecule has 0 spiro atoms. The number of fused-ring (bicyclic) bond motifs is 1. The zero-order valence-corrected chi connectivity index (χ0v) is 13.8. The first-order valence-electron chi connectivity index (χ1n) is 7.75. The summed E-state index contributed by atoms with van der Waals surface area (Å²) in [5, 5.41) is 14.1. The molecular formula is C21H18N2O. The average Bonchev–Trinajstić information content (AvgIpc) is 2.94. The van der Waals surface area contributed by atoms with E-state index in [1.807, 2.05) is 56.3 Å². The van der Waals surface area contributed by atoms with E-state index in [0.29, 0.717) is 5.56 Å². The van der Waals surface area contributed by atoms with Crippen LogP contribution in [0.1, 0.15) is 19.4 Å². The van der Waals surface area contributed by atoms with Gasteiger partial charge in [-0.2, -0.15) is 5.26 Å². The number of furan rings is 1. The van der Waals surface area contributed by atoms with Crippen LogP contribution in [0.15, 0.2) is 59.0 Å². The lowest BCUT2D eigenvalue weighted by molar-refractivity contribution is 0.574. The van der Waals surface area contributed by atoms with E-state index < -0.39 is 0 Å². The molecule has 0 saturated heterocycles. The van der Waals surface area contributed by atoms with Crippen LogP contribution in [0.3, 0.4) is 0 Å². The number of nitriles is 1. The number of allylic oxidation sites excluding steroid dienone is 2. The topological polar surface area (TPSA) is 49.0 Å². The van der Waals surface area contributed by atoms with E-state index >= 15 is 0 Å². The summed E-state index contributed by atoms with van der Waals surface area (Å²) in [5.41, 5.74) is 5.04. The number of benzene rings is 2. The molecule has 2 aromatic carbocycles. The van der Waals surface area contributed by atoms with E-state index in [2.05, 4.69) is 18.0 Å². The van der Waals surface area contributed by atoms with Gasteiger partial charge >= 0.3 is 0 Å². The van der Waals surface area contributed by atoms with E-state index in [9.17, 15) is 0 Å². The van der Waals surface area contributed by atoms with Gasteiger partial charge in [0.15, 0.2) is 5.58 Å². The van der Waals surface area contributed by atoms with Gasteiger partial charge < -0.3 is 9.73 Å². The summed E-state index contributed by atoms with van der Waals surface area (Å²) >= 11 is 0. The first-order chi connectivity index (χ1) is 11.6. The van der Waals surface area contributed by atoms with E-state index in [1.165, 1.54) is 0 Å². The largest absolute Gasteiger partial charge is 0.454 e. The minimum atomic E-state index is 0.635. The second-order valence-corrected chi connectivity index (χ2v) is 5.59. The van der Waals surface area contributed by atoms with Crippen LogP contribution in [0.5, 0.6) is 0 Å². The molecule has 118 valence electrons. The Labute approximate surface area is 140 Å². The molecule has 0 aliphatic rings. The molecule has 0 aliphatic carbocycles. The van der Waals surface area contributed by atoms with Crippen LogP contribution in [0.25, 0.3) is 23.1 Å². The molecule has 0 amide bonds. The van der Waals surface area contributed by atoms with Crippen molar-refractivity contribution in [3.05, 3.63) is 70.8 Å². The molecule has 3 heteroatoms. The molecule has 0 fully saturated rings. The SMILES string of the molecule is C=c1/c(=C(C)\C=C/C)oc2c(Nc3ccc(C#N)cc3)cccc12. The number of nitrogens with one attached hydrogen (secondary N) is 1. The molecule has 0 atom stereocenters. The number of hydrogen-bond acceptors (Lipinski definition) is 3. The average molecular weight is 314 g/mol. The highest BCUT2D eigenvalue weighted by Crippen LogP contribution is 2.24. The van der Waals surface area contributed by atoms with Gasteiger partial charge in [0.05, 0.1) is 17.3 Å². The zero-order valence-electron chi connectivity index (χ0n) is 13.8. The number of nitrogens with zero attached hydrogens (tertiary/aromatic N) is 1. The van der Waals surface area contributed by atoms with Gasteiger partial charge in [-0.05, 0) is 49.8 Å². The Morgan fingerprint density at radius 1 is 1.21 bits per heavy atom. The number of hydrogen-bond donors (Lipinski definition) is 1. The summed E-state index contributed by atoms with van der Waals surface area (Å²) in [6, 6.07) is 15.4.